The molecule has 188 valence electrons. The lowest BCUT2D eigenvalue weighted by Gasteiger charge is -2.43. The predicted molar refractivity (Wildman–Crippen MR) is 131 cm³/mol. The first kappa shape index (κ1) is 24.9. The molecule has 8 nitrogen and oxygen atoms in total. The van der Waals surface area contributed by atoms with Gasteiger partial charge in [-0.2, -0.15) is 0 Å². The fraction of sp³-hybridized carbons (Fsp3) is 0.731. The van der Waals surface area contributed by atoms with Crippen LogP contribution in [0.2, 0.25) is 0 Å². The van der Waals surface area contributed by atoms with Gasteiger partial charge in [0.1, 0.15) is 11.1 Å². The van der Waals surface area contributed by atoms with E-state index >= 15 is 0 Å². The second-order valence-electron chi connectivity index (χ2n) is 10.6. The van der Waals surface area contributed by atoms with Crippen LogP contribution in [-0.2, 0) is 4.74 Å². The van der Waals surface area contributed by atoms with E-state index in [2.05, 4.69) is 17.1 Å². The number of hydrogen-bond donors (Lipinski definition) is 1. The zero-order valence-corrected chi connectivity index (χ0v) is 21.0. The maximum absolute atomic E-state index is 13.4. The van der Waals surface area contributed by atoms with Crippen molar-refractivity contribution in [3.63, 3.8) is 0 Å². The van der Waals surface area contributed by atoms with Gasteiger partial charge in [-0.25, -0.2) is 0 Å². The fourth-order valence-electron chi connectivity index (χ4n) is 5.61. The Bertz CT molecular complexity index is 937. The number of pyridine rings is 1. The number of hydrogen-bond acceptors (Lipinski definition) is 5. The highest BCUT2D eigenvalue weighted by atomic mass is 16.5. The SMILES string of the molecule is CC1CCN(C(=O)c2cn(C(C)C)cc(C(=O)NCC3(N4CCOCC4)CCCC3)c2=O)CC1. The Kier molecular flexibility index (Phi) is 7.77. The van der Waals surface area contributed by atoms with Crippen molar-refractivity contribution in [3.05, 3.63) is 33.7 Å². The minimum atomic E-state index is -0.468. The molecule has 0 aromatic carbocycles. The molecule has 0 radical (unpaired) electrons. The third kappa shape index (κ3) is 5.23. The average Bonchev–Trinajstić information content (AvgIpc) is 3.33. The summed E-state index contributed by atoms with van der Waals surface area (Å²) in [6.07, 6.45) is 9.47. The van der Waals surface area contributed by atoms with Crippen LogP contribution < -0.4 is 10.7 Å². The van der Waals surface area contributed by atoms with Crippen molar-refractivity contribution in [2.45, 2.75) is 70.9 Å². The van der Waals surface area contributed by atoms with E-state index in [4.69, 9.17) is 4.74 Å². The molecule has 4 rings (SSSR count). The van der Waals surface area contributed by atoms with Crippen molar-refractivity contribution in [1.29, 1.82) is 0 Å². The Morgan fingerprint density at radius 2 is 1.68 bits per heavy atom. The first-order valence-corrected chi connectivity index (χ1v) is 13.0. The van der Waals surface area contributed by atoms with E-state index in [0.29, 0.717) is 38.8 Å². The van der Waals surface area contributed by atoms with E-state index < -0.39 is 5.43 Å². The molecule has 2 aliphatic heterocycles. The van der Waals surface area contributed by atoms with Gasteiger partial charge in [-0.15, -0.1) is 0 Å². The summed E-state index contributed by atoms with van der Waals surface area (Å²) in [4.78, 5) is 44.2. The molecule has 1 aromatic heterocycles. The Hall–Kier alpha value is -2.19. The van der Waals surface area contributed by atoms with Crippen molar-refractivity contribution >= 4 is 11.8 Å². The molecule has 2 saturated heterocycles. The van der Waals surface area contributed by atoms with Gasteiger partial charge in [-0.3, -0.25) is 19.3 Å². The van der Waals surface area contributed by atoms with E-state index in [1.165, 1.54) is 0 Å². The minimum absolute atomic E-state index is 0.0228. The van der Waals surface area contributed by atoms with E-state index in [1.807, 2.05) is 18.4 Å². The van der Waals surface area contributed by atoms with Crippen LogP contribution in [0.5, 0.6) is 0 Å². The number of carbonyl (C=O) groups excluding carboxylic acids is 2. The summed E-state index contributed by atoms with van der Waals surface area (Å²) in [6.45, 7) is 11.1. The van der Waals surface area contributed by atoms with Gasteiger partial charge in [0, 0.05) is 56.7 Å². The third-order valence-corrected chi connectivity index (χ3v) is 7.98. The first-order chi connectivity index (χ1) is 16.3. The lowest BCUT2D eigenvalue weighted by molar-refractivity contribution is -0.0199. The summed E-state index contributed by atoms with van der Waals surface area (Å²) in [7, 11) is 0. The molecule has 8 heteroatoms. The Balaban J connectivity index is 1.56. The lowest BCUT2D eigenvalue weighted by atomic mass is 9.94. The Morgan fingerprint density at radius 1 is 1.06 bits per heavy atom. The number of likely N-dealkylation sites (tertiary alicyclic amines) is 1. The van der Waals surface area contributed by atoms with Crippen molar-refractivity contribution in [1.82, 2.24) is 19.7 Å². The molecular formula is C26H40N4O4. The van der Waals surface area contributed by atoms with Crippen LogP contribution in [0.15, 0.2) is 17.2 Å². The quantitative estimate of drug-likeness (QED) is 0.688. The average molecular weight is 473 g/mol. The second-order valence-corrected chi connectivity index (χ2v) is 10.6. The molecule has 3 aliphatic rings. The van der Waals surface area contributed by atoms with Gasteiger partial charge in [0.25, 0.3) is 11.8 Å². The smallest absolute Gasteiger partial charge is 0.259 e. The highest BCUT2D eigenvalue weighted by Gasteiger charge is 2.40. The third-order valence-electron chi connectivity index (χ3n) is 7.98. The minimum Gasteiger partial charge on any atom is -0.379 e. The summed E-state index contributed by atoms with van der Waals surface area (Å²) in [5.41, 5.74) is -0.390. The molecule has 1 saturated carbocycles. The first-order valence-electron chi connectivity index (χ1n) is 13.0. The summed E-state index contributed by atoms with van der Waals surface area (Å²) < 4.78 is 7.34. The number of ether oxygens (including phenoxy) is 1. The molecular weight excluding hydrogens is 432 g/mol. The van der Waals surface area contributed by atoms with Crippen molar-refractivity contribution in [3.8, 4) is 0 Å². The number of aromatic nitrogens is 1. The van der Waals surface area contributed by atoms with E-state index in [9.17, 15) is 14.4 Å². The fourth-order valence-corrected chi connectivity index (χ4v) is 5.61. The monoisotopic (exact) mass is 472 g/mol. The van der Waals surface area contributed by atoms with E-state index in [1.54, 1.807) is 17.3 Å². The number of piperidine rings is 1. The van der Waals surface area contributed by atoms with Gasteiger partial charge < -0.3 is 19.5 Å². The summed E-state index contributed by atoms with van der Waals surface area (Å²) in [5, 5.41) is 3.08. The Morgan fingerprint density at radius 3 is 2.29 bits per heavy atom. The summed E-state index contributed by atoms with van der Waals surface area (Å²) in [5.74, 6) is -0.0646. The highest BCUT2D eigenvalue weighted by Crippen LogP contribution is 2.35. The lowest BCUT2D eigenvalue weighted by Crippen LogP contribution is -2.57. The summed E-state index contributed by atoms with van der Waals surface area (Å²) >= 11 is 0. The molecule has 1 N–H and O–H groups in total. The largest absolute Gasteiger partial charge is 0.379 e. The molecule has 1 aliphatic carbocycles. The molecule has 0 unspecified atom stereocenters. The van der Waals surface area contributed by atoms with E-state index in [0.717, 1.165) is 51.6 Å². The van der Waals surface area contributed by atoms with Crippen molar-refractivity contribution in [2.75, 3.05) is 45.9 Å². The molecule has 2 amide bonds. The van der Waals surface area contributed by atoms with Crippen LogP contribution in [0.3, 0.4) is 0 Å². The molecule has 0 atom stereocenters. The number of carbonyl (C=O) groups is 2. The van der Waals surface area contributed by atoms with Gasteiger partial charge in [0.2, 0.25) is 5.43 Å². The van der Waals surface area contributed by atoms with Crippen LogP contribution in [0.4, 0.5) is 0 Å². The maximum atomic E-state index is 13.4. The molecule has 0 spiro atoms. The normalized spacial score (nSPS) is 21.7. The number of nitrogens with one attached hydrogen (secondary N) is 1. The zero-order chi connectivity index (χ0) is 24.3. The summed E-state index contributed by atoms with van der Waals surface area (Å²) in [6, 6.07) is 0.0228. The number of rotatable bonds is 6. The highest BCUT2D eigenvalue weighted by molar-refractivity contribution is 5.99. The van der Waals surface area contributed by atoms with Gasteiger partial charge >= 0.3 is 0 Å². The maximum Gasteiger partial charge on any atom is 0.259 e. The van der Waals surface area contributed by atoms with E-state index in [-0.39, 0.29) is 34.5 Å². The van der Waals surface area contributed by atoms with Crippen molar-refractivity contribution in [2.24, 2.45) is 5.92 Å². The van der Waals surface area contributed by atoms with Gasteiger partial charge in [-0.05, 0) is 45.4 Å². The molecule has 0 bridgehead atoms. The number of nitrogens with zero attached hydrogens (tertiary/aromatic N) is 3. The molecule has 3 fully saturated rings. The van der Waals surface area contributed by atoms with Gasteiger partial charge in [0.05, 0.1) is 13.2 Å². The molecule has 1 aromatic rings. The van der Waals surface area contributed by atoms with Gasteiger partial charge in [0.15, 0.2) is 0 Å². The predicted octanol–water partition coefficient (Wildman–Crippen LogP) is 2.68. The topological polar surface area (TPSA) is 83.9 Å². The second kappa shape index (κ2) is 10.6. The molecule has 34 heavy (non-hydrogen) atoms. The van der Waals surface area contributed by atoms with Gasteiger partial charge in [-0.1, -0.05) is 19.8 Å². The molecule has 3 heterocycles. The van der Waals surface area contributed by atoms with Crippen molar-refractivity contribution < 1.29 is 14.3 Å². The van der Waals surface area contributed by atoms with Crippen LogP contribution in [0.25, 0.3) is 0 Å². The Labute approximate surface area is 202 Å². The number of amides is 2. The number of morpholine rings is 1. The zero-order valence-electron chi connectivity index (χ0n) is 21.0. The van der Waals surface area contributed by atoms with Crippen LogP contribution in [0.1, 0.15) is 86.1 Å². The van der Waals surface area contributed by atoms with Crippen LogP contribution in [0, 0.1) is 5.92 Å². The van der Waals surface area contributed by atoms with Crippen LogP contribution in [-0.4, -0.2) is 77.7 Å². The van der Waals surface area contributed by atoms with Crippen LogP contribution >= 0.6 is 0 Å². The standard InChI is InChI=1S/C26H40N4O4/c1-19(2)29-16-21(23(31)22(17-29)25(33)28-10-6-20(3)7-11-28)24(32)27-18-26(8-4-5-9-26)30-12-14-34-15-13-30/h16-17,19-20H,4-15,18H2,1-3H3,(H,27,32).